The zero-order valence-corrected chi connectivity index (χ0v) is 27.6. The Morgan fingerprint density at radius 1 is 0.326 bits per heavy atom. The second kappa shape index (κ2) is 12.5. The maximum atomic E-state index is 2.67. The lowest BCUT2D eigenvalue weighted by Gasteiger charge is -2.58. The lowest BCUT2D eigenvalue weighted by atomic mass is 9.74. The molecule has 2 aliphatic carbocycles. The smallest absolute Gasteiger partial charge is 0.0348 e. The third-order valence-electron chi connectivity index (χ3n) is 9.71. The van der Waals surface area contributed by atoms with E-state index >= 15 is 0 Å². The average molecular weight is 627 g/mol. The standard InChI is InChI=1S/C44H36P2/c1-5-21-39(22-6-1)45(40-23-7-2-8-24-40)43(31-29-35-17-13-15-19-37(35)33-43)44(32-30-36-18-14-16-20-38(36)34-44)46(41-25-9-3-10-26-41)42-27-11-4-12-28-42/h1-32H,33-34H2. The van der Waals surface area contributed by atoms with Gasteiger partial charge in [-0.2, -0.15) is 0 Å². The van der Waals surface area contributed by atoms with E-state index in [1.807, 2.05) is 0 Å². The van der Waals surface area contributed by atoms with Crippen LogP contribution in [0.5, 0.6) is 0 Å². The maximum Gasteiger partial charge on any atom is 0.0348 e. The summed E-state index contributed by atoms with van der Waals surface area (Å²) in [5.41, 5.74) is 5.56. The van der Waals surface area contributed by atoms with Gasteiger partial charge in [-0.1, -0.05) is 194 Å². The van der Waals surface area contributed by atoms with Gasteiger partial charge in [0.25, 0.3) is 0 Å². The summed E-state index contributed by atoms with van der Waals surface area (Å²) in [4.78, 5) is 0. The van der Waals surface area contributed by atoms with E-state index in [-0.39, 0.29) is 10.3 Å². The third-order valence-corrected chi connectivity index (χ3v) is 16.2. The third kappa shape index (κ3) is 5.02. The lowest BCUT2D eigenvalue weighted by Crippen LogP contribution is -2.58. The van der Waals surface area contributed by atoms with Gasteiger partial charge in [0.2, 0.25) is 0 Å². The Labute approximate surface area is 275 Å². The van der Waals surface area contributed by atoms with Crippen LogP contribution in [0, 0.1) is 0 Å². The first-order chi connectivity index (χ1) is 22.8. The fraction of sp³-hybridized carbons (Fsp3) is 0.0909. The van der Waals surface area contributed by atoms with E-state index in [4.69, 9.17) is 0 Å². The van der Waals surface area contributed by atoms with Gasteiger partial charge < -0.3 is 0 Å². The summed E-state index contributed by atoms with van der Waals surface area (Å²) in [5.74, 6) is 0. The Kier molecular flexibility index (Phi) is 7.88. The minimum Gasteiger partial charge on any atom is -0.0712 e. The molecule has 0 N–H and O–H groups in total. The van der Waals surface area contributed by atoms with Crippen molar-refractivity contribution < 1.29 is 0 Å². The topological polar surface area (TPSA) is 0 Å². The van der Waals surface area contributed by atoms with Crippen LogP contribution < -0.4 is 21.2 Å². The van der Waals surface area contributed by atoms with E-state index < -0.39 is 15.8 Å². The Morgan fingerprint density at radius 2 is 0.609 bits per heavy atom. The molecule has 0 saturated carbocycles. The van der Waals surface area contributed by atoms with Crippen molar-refractivity contribution in [2.24, 2.45) is 0 Å². The molecule has 0 radical (unpaired) electrons. The van der Waals surface area contributed by atoms with Crippen LogP contribution in [0.1, 0.15) is 22.3 Å². The molecular weight excluding hydrogens is 590 g/mol. The summed E-state index contributed by atoms with van der Waals surface area (Å²) < 4.78 is 0. The first-order valence-electron chi connectivity index (χ1n) is 16.1. The molecule has 0 heterocycles. The quantitative estimate of drug-likeness (QED) is 0.155. The predicted octanol–water partition coefficient (Wildman–Crippen LogP) is 9.27. The number of rotatable bonds is 7. The Hall–Kier alpha value is -4.34. The van der Waals surface area contributed by atoms with Gasteiger partial charge in [0.15, 0.2) is 0 Å². The molecule has 2 heteroatoms. The first-order valence-corrected chi connectivity index (χ1v) is 18.8. The van der Waals surface area contributed by atoms with Crippen LogP contribution in [0.4, 0.5) is 0 Å². The molecule has 0 saturated heterocycles. The van der Waals surface area contributed by atoms with Crippen LogP contribution in [0.15, 0.2) is 182 Å². The van der Waals surface area contributed by atoms with Crippen LogP contribution in [-0.4, -0.2) is 10.3 Å². The van der Waals surface area contributed by atoms with Crippen molar-refractivity contribution in [2.75, 3.05) is 0 Å². The van der Waals surface area contributed by atoms with E-state index in [1.165, 1.54) is 43.5 Å². The van der Waals surface area contributed by atoms with Crippen molar-refractivity contribution in [2.45, 2.75) is 23.2 Å². The predicted molar refractivity (Wildman–Crippen MR) is 202 cm³/mol. The summed E-state index contributed by atoms with van der Waals surface area (Å²) in [5, 5.41) is 5.23. The molecule has 222 valence electrons. The zero-order valence-electron chi connectivity index (χ0n) is 25.8. The molecular formula is C44H36P2. The second-order valence-electron chi connectivity index (χ2n) is 12.3. The van der Waals surface area contributed by atoms with Crippen LogP contribution in [0.25, 0.3) is 12.2 Å². The molecule has 0 aliphatic heterocycles. The molecule has 2 atom stereocenters. The summed E-state index contributed by atoms with van der Waals surface area (Å²) in [6.45, 7) is 0. The van der Waals surface area contributed by atoms with Crippen molar-refractivity contribution in [3.63, 3.8) is 0 Å². The van der Waals surface area contributed by atoms with E-state index in [0.29, 0.717) is 0 Å². The average Bonchev–Trinajstić information content (AvgIpc) is 3.13. The Bertz CT molecular complexity index is 1770. The van der Waals surface area contributed by atoms with Gasteiger partial charge in [0.05, 0.1) is 0 Å². The highest BCUT2D eigenvalue weighted by atomic mass is 31.1. The van der Waals surface area contributed by atoms with Crippen molar-refractivity contribution in [3.05, 3.63) is 204 Å². The highest BCUT2D eigenvalue weighted by Gasteiger charge is 2.59. The molecule has 2 unspecified atom stereocenters. The molecule has 6 aromatic rings. The van der Waals surface area contributed by atoms with Gasteiger partial charge in [-0.15, -0.1) is 0 Å². The normalized spacial score (nSPS) is 20.0. The van der Waals surface area contributed by atoms with Gasteiger partial charge in [0.1, 0.15) is 0 Å². The Balaban J connectivity index is 1.51. The van der Waals surface area contributed by atoms with E-state index in [9.17, 15) is 0 Å². The Morgan fingerprint density at radius 3 is 0.935 bits per heavy atom. The van der Waals surface area contributed by atoms with Gasteiger partial charge in [-0.05, 0) is 72.2 Å². The molecule has 46 heavy (non-hydrogen) atoms. The number of hydrogen-bond acceptors (Lipinski definition) is 0. The van der Waals surface area contributed by atoms with E-state index in [1.54, 1.807) is 0 Å². The highest BCUT2D eigenvalue weighted by Crippen LogP contribution is 2.69. The number of hydrogen-bond donors (Lipinski definition) is 0. The van der Waals surface area contributed by atoms with Crippen LogP contribution in [0.3, 0.4) is 0 Å². The van der Waals surface area contributed by atoms with E-state index in [0.717, 1.165) is 12.8 Å². The van der Waals surface area contributed by atoms with Crippen molar-refractivity contribution in [3.8, 4) is 0 Å². The van der Waals surface area contributed by atoms with Crippen molar-refractivity contribution in [1.29, 1.82) is 0 Å². The summed E-state index contributed by atoms with van der Waals surface area (Å²) in [6.07, 6.45) is 12.2. The monoisotopic (exact) mass is 626 g/mol. The molecule has 2 aliphatic rings. The van der Waals surface area contributed by atoms with Crippen LogP contribution in [0.2, 0.25) is 0 Å². The number of benzene rings is 6. The fourth-order valence-electron chi connectivity index (χ4n) is 7.69. The van der Waals surface area contributed by atoms with Crippen molar-refractivity contribution in [1.82, 2.24) is 0 Å². The van der Waals surface area contributed by atoms with Crippen molar-refractivity contribution >= 4 is 49.2 Å². The molecule has 0 aromatic heterocycles. The van der Waals surface area contributed by atoms with Crippen LogP contribution >= 0.6 is 15.8 Å². The molecule has 0 amide bonds. The molecule has 8 rings (SSSR count). The largest absolute Gasteiger partial charge is 0.0712 e. The van der Waals surface area contributed by atoms with Gasteiger partial charge >= 0.3 is 0 Å². The molecule has 0 fully saturated rings. The molecule has 0 nitrogen and oxygen atoms in total. The highest BCUT2D eigenvalue weighted by molar-refractivity contribution is 7.79. The number of fused-ring (bicyclic) bond motifs is 2. The maximum absolute atomic E-state index is 2.67. The van der Waals surface area contributed by atoms with E-state index in [2.05, 4.69) is 194 Å². The number of allylic oxidation sites excluding steroid dienone is 2. The molecule has 0 bridgehead atoms. The summed E-state index contributed by atoms with van der Waals surface area (Å²) in [6, 6.07) is 63.7. The van der Waals surface area contributed by atoms with Gasteiger partial charge in [0, 0.05) is 10.3 Å². The SMILES string of the molecule is C1=CC(P(c2ccccc2)c2ccccc2)(C2(P(c3ccccc3)c3ccccc3)C=Cc3ccccc3C2)Cc2ccccc21. The second-order valence-corrected chi connectivity index (χ2v) is 17.3. The van der Waals surface area contributed by atoms with Crippen LogP contribution in [-0.2, 0) is 12.8 Å². The molecule has 0 spiro atoms. The minimum absolute atomic E-state index is 0.235. The fourth-order valence-corrected chi connectivity index (χ4v) is 14.8. The molecule has 6 aromatic carbocycles. The first kappa shape index (κ1) is 29.1. The zero-order chi connectivity index (χ0) is 30.8. The lowest BCUT2D eigenvalue weighted by molar-refractivity contribution is 0.541. The summed E-state index contributed by atoms with van der Waals surface area (Å²) in [7, 11) is -1.75. The summed E-state index contributed by atoms with van der Waals surface area (Å²) >= 11 is 0. The van der Waals surface area contributed by atoms with Gasteiger partial charge in [-0.3, -0.25) is 0 Å². The minimum atomic E-state index is -0.874. The van der Waals surface area contributed by atoms with Gasteiger partial charge in [-0.25, -0.2) is 0 Å².